The van der Waals surface area contributed by atoms with E-state index >= 15 is 0 Å². The number of benzene rings is 1. The molecule has 1 heteroatoms. The number of nitriles is 1. The SMILES string of the molecule is N#Cc1cccc2c1C1[C@@H]3C4C5[C@H]3C2[C@H]5[C@@H]14. The van der Waals surface area contributed by atoms with Gasteiger partial charge in [0.05, 0.1) is 11.6 Å². The minimum absolute atomic E-state index is 0.806. The second-order valence-electron chi connectivity index (χ2n) is 6.44. The molecule has 0 amide bonds. The Labute approximate surface area is 94.1 Å². The zero-order valence-electron chi connectivity index (χ0n) is 8.80. The summed E-state index contributed by atoms with van der Waals surface area (Å²) >= 11 is 0. The lowest BCUT2D eigenvalue weighted by Gasteiger charge is -2.93. The third-order valence-electron chi connectivity index (χ3n) is 6.72. The molecule has 2 bridgehead atoms. The molecule has 1 aromatic rings. The first-order chi connectivity index (χ1) is 7.93. The Morgan fingerprint density at radius 1 is 0.875 bits per heavy atom. The summed E-state index contributed by atoms with van der Waals surface area (Å²) in [6.07, 6.45) is 0. The molecule has 6 aliphatic carbocycles. The van der Waals surface area contributed by atoms with Crippen LogP contribution in [-0.2, 0) is 0 Å². The molecule has 0 spiro atoms. The fourth-order valence-electron chi connectivity index (χ4n) is 6.56. The summed E-state index contributed by atoms with van der Waals surface area (Å²) in [6.45, 7) is 0. The molecule has 0 N–H and O–H groups in total. The normalized spacial score (nSPS) is 59.2. The summed E-state index contributed by atoms with van der Waals surface area (Å²) in [5.41, 5.74) is 4.03. The first-order valence-corrected chi connectivity index (χ1v) is 6.46. The second kappa shape index (κ2) is 1.74. The van der Waals surface area contributed by atoms with Crippen LogP contribution in [0.3, 0.4) is 0 Å². The molecule has 6 aliphatic rings. The van der Waals surface area contributed by atoms with Gasteiger partial charge in [-0.25, -0.2) is 0 Å². The van der Waals surface area contributed by atoms with E-state index in [9.17, 15) is 5.26 Å². The largest absolute Gasteiger partial charge is 0.192 e. The lowest BCUT2D eigenvalue weighted by Crippen LogP contribution is -2.87. The number of nitrogens with zero attached hydrogens (tertiary/aromatic N) is 1. The predicted molar refractivity (Wildman–Crippen MR) is 57.6 cm³/mol. The molecule has 0 saturated heterocycles. The van der Waals surface area contributed by atoms with E-state index in [1.54, 1.807) is 5.56 Å². The van der Waals surface area contributed by atoms with Gasteiger partial charge in [0.15, 0.2) is 0 Å². The Morgan fingerprint density at radius 3 is 2.25 bits per heavy atom. The van der Waals surface area contributed by atoms with Gasteiger partial charge in [0, 0.05) is 0 Å². The van der Waals surface area contributed by atoms with Crippen LogP contribution in [0.25, 0.3) is 0 Å². The van der Waals surface area contributed by atoms with Crippen molar-refractivity contribution in [3.05, 3.63) is 34.9 Å². The van der Waals surface area contributed by atoms with Gasteiger partial charge in [0.1, 0.15) is 0 Å². The van der Waals surface area contributed by atoms with Crippen molar-refractivity contribution in [3.63, 3.8) is 0 Å². The lowest BCUT2D eigenvalue weighted by atomic mass is 9.11. The topological polar surface area (TPSA) is 23.8 Å². The second-order valence-corrected chi connectivity index (χ2v) is 6.44. The van der Waals surface area contributed by atoms with Crippen molar-refractivity contribution < 1.29 is 0 Å². The molecule has 0 radical (unpaired) electrons. The molecular weight excluding hydrogens is 194 g/mol. The van der Waals surface area contributed by atoms with Crippen LogP contribution in [0.5, 0.6) is 0 Å². The number of hydrogen-bond acceptors (Lipinski definition) is 1. The lowest BCUT2D eigenvalue weighted by molar-refractivity contribution is -0.407. The van der Waals surface area contributed by atoms with Crippen molar-refractivity contribution in [1.82, 2.24) is 0 Å². The van der Waals surface area contributed by atoms with Crippen LogP contribution in [0.2, 0.25) is 0 Å². The van der Waals surface area contributed by atoms with Gasteiger partial charge in [0.25, 0.3) is 0 Å². The standard InChI is InChI=1S/C15H11N/c16-4-5-2-1-3-6-7(5)9-12-10-8(6)11-13(9)15(12)14(10)11/h1-3,8-15H/t8?,9?,10-,11-,12-,13+,14?,15?/m0/s1. The van der Waals surface area contributed by atoms with Crippen LogP contribution in [0, 0.1) is 46.8 Å². The molecule has 0 aliphatic heterocycles. The van der Waals surface area contributed by atoms with Gasteiger partial charge in [0.2, 0.25) is 0 Å². The zero-order valence-corrected chi connectivity index (χ0v) is 8.80. The highest BCUT2D eigenvalue weighted by Crippen LogP contribution is 2.94. The van der Waals surface area contributed by atoms with Crippen molar-refractivity contribution >= 4 is 0 Å². The molecule has 0 aromatic heterocycles. The molecule has 8 atom stereocenters. The average Bonchev–Trinajstić information content (AvgIpc) is 2.29. The molecule has 1 nitrogen and oxygen atoms in total. The van der Waals surface area contributed by atoms with Crippen molar-refractivity contribution in [2.45, 2.75) is 11.8 Å². The van der Waals surface area contributed by atoms with E-state index in [1.807, 2.05) is 6.07 Å². The Morgan fingerprint density at radius 2 is 1.56 bits per heavy atom. The minimum Gasteiger partial charge on any atom is -0.192 e. The fraction of sp³-hybridized carbons (Fsp3) is 0.533. The van der Waals surface area contributed by atoms with Gasteiger partial charge < -0.3 is 0 Å². The predicted octanol–water partition coefficient (Wildman–Crippen LogP) is 2.49. The highest BCUT2D eigenvalue weighted by molar-refractivity contribution is 5.60. The zero-order chi connectivity index (χ0) is 10.2. The minimum atomic E-state index is 0.806. The summed E-state index contributed by atoms with van der Waals surface area (Å²) in [5.74, 6) is 8.03. The van der Waals surface area contributed by atoms with Crippen molar-refractivity contribution in [1.29, 1.82) is 5.26 Å². The van der Waals surface area contributed by atoms with E-state index in [1.165, 1.54) is 5.56 Å². The van der Waals surface area contributed by atoms with E-state index < -0.39 is 0 Å². The Hall–Kier alpha value is -1.29. The molecule has 1 aromatic carbocycles. The summed E-state index contributed by atoms with van der Waals surface area (Å²) in [7, 11) is 0. The summed E-state index contributed by atoms with van der Waals surface area (Å²) in [6, 6.07) is 8.85. The monoisotopic (exact) mass is 205 g/mol. The number of rotatable bonds is 0. The third-order valence-corrected chi connectivity index (χ3v) is 6.72. The third kappa shape index (κ3) is 0.392. The fourth-order valence-corrected chi connectivity index (χ4v) is 6.56. The summed E-state index contributed by atoms with van der Waals surface area (Å²) < 4.78 is 0. The maximum absolute atomic E-state index is 9.26. The molecule has 7 rings (SSSR count). The Bertz CT molecular complexity index is 590. The summed E-state index contributed by atoms with van der Waals surface area (Å²) in [4.78, 5) is 0. The highest BCUT2D eigenvalue weighted by Gasteiger charge is 2.88. The Kier molecular flexibility index (Phi) is 0.773. The number of hydrogen-bond donors (Lipinski definition) is 0. The highest BCUT2D eigenvalue weighted by atomic mass is 14.9. The Balaban J connectivity index is 1.72. The molecule has 4 unspecified atom stereocenters. The van der Waals surface area contributed by atoms with Gasteiger partial charge in [-0.05, 0) is 64.5 Å². The van der Waals surface area contributed by atoms with Crippen LogP contribution in [0.1, 0.15) is 28.5 Å². The van der Waals surface area contributed by atoms with Gasteiger partial charge in [-0.2, -0.15) is 5.26 Å². The molecule has 4 saturated carbocycles. The molecular formula is C15H11N. The van der Waals surface area contributed by atoms with Gasteiger partial charge in [-0.3, -0.25) is 0 Å². The van der Waals surface area contributed by atoms with Crippen LogP contribution in [0.4, 0.5) is 0 Å². The smallest absolute Gasteiger partial charge is 0.0994 e. The van der Waals surface area contributed by atoms with Crippen LogP contribution in [-0.4, -0.2) is 0 Å². The molecule has 16 heavy (non-hydrogen) atoms. The van der Waals surface area contributed by atoms with Crippen molar-refractivity contribution in [3.8, 4) is 6.07 Å². The van der Waals surface area contributed by atoms with E-state index in [0.717, 1.165) is 52.9 Å². The first-order valence-electron chi connectivity index (χ1n) is 6.46. The first kappa shape index (κ1) is 7.12. The van der Waals surface area contributed by atoms with E-state index in [2.05, 4.69) is 18.2 Å². The molecule has 76 valence electrons. The van der Waals surface area contributed by atoms with E-state index in [4.69, 9.17) is 0 Å². The van der Waals surface area contributed by atoms with Gasteiger partial charge in [-0.15, -0.1) is 0 Å². The van der Waals surface area contributed by atoms with Crippen LogP contribution in [0.15, 0.2) is 18.2 Å². The molecule has 0 heterocycles. The van der Waals surface area contributed by atoms with E-state index in [0.29, 0.717) is 0 Å². The maximum Gasteiger partial charge on any atom is 0.0994 e. The summed E-state index contributed by atoms with van der Waals surface area (Å²) in [5, 5.41) is 9.26. The quantitative estimate of drug-likeness (QED) is 0.638. The van der Waals surface area contributed by atoms with E-state index in [-0.39, 0.29) is 0 Å². The maximum atomic E-state index is 9.26. The van der Waals surface area contributed by atoms with Gasteiger partial charge in [-0.1, -0.05) is 12.1 Å². The van der Waals surface area contributed by atoms with Crippen molar-refractivity contribution in [2.75, 3.05) is 0 Å². The molecule has 4 fully saturated rings. The van der Waals surface area contributed by atoms with Crippen LogP contribution >= 0.6 is 0 Å². The van der Waals surface area contributed by atoms with Crippen molar-refractivity contribution in [2.24, 2.45) is 35.5 Å². The average molecular weight is 205 g/mol. The van der Waals surface area contributed by atoms with Crippen LogP contribution < -0.4 is 0 Å². The van der Waals surface area contributed by atoms with Gasteiger partial charge >= 0.3 is 0 Å².